The van der Waals surface area contributed by atoms with Crippen LogP contribution >= 0.6 is 0 Å². The number of hydrogen-bond acceptors (Lipinski definition) is 4. The van der Waals surface area contributed by atoms with Crippen molar-refractivity contribution in [3.05, 3.63) is 77.9 Å². The van der Waals surface area contributed by atoms with Crippen molar-refractivity contribution in [3.8, 4) is 17.2 Å². The Kier molecular flexibility index (Phi) is 4.34. The van der Waals surface area contributed by atoms with Crippen molar-refractivity contribution < 1.29 is 13.9 Å². The number of hydrogen-bond donors (Lipinski definition) is 1. The van der Waals surface area contributed by atoms with Gasteiger partial charge in [-0.15, -0.1) is 0 Å². The fraction of sp³-hybridized carbons (Fsp3) is 0.0909. The Morgan fingerprint density at radius 2 is 1.85 bits per heavy atom. The van der Waals surface area contributed by atoms with Crippen molar-refractivity contribution >= 4 is 22.7 Å². The second kappa shape index (κ2) is 6.96. The van der Waals surface area contributed by atoms with Gasteiger partial charge >= 0.3 is 0 Å². The summed E-state index contributed by atoms with van der Waals surface area (Å²) in [6.07, 6.45) is 0. The predicted octanol–water partition coefficient (Wildman–Crippen LogP) is 5.06. The Labute approximate surface area is 156 Å². The van der Waals surface area contributed by atoms with Crippen LogP contribution in [0.5, 0.6) is 5.75 Å². The number of nitrogens with zero attached hydrogens (tertiary/aromatic N) is 1. The van der Waals surface area contributed by atoms with Crippen LogP contribution in [-0.4, -0.2) is 18.0 Å². The van der Waals surface area contributed by atoms with Gasteiger partial charge in [-0.3, -0.25) is 4.79 Å². The van der Waals surface area contributed by atoms with Crippen LogP contribution in [0.2, 0.25) is 0 Å². The molecule has 5 nitrogen and oxygen atoms in total. The van der Waals surface area contributed by atoms with Gasteiger partial charge in [-0.2, -0.15) is 0 Å². The first kappa shape index (κ1) is 16.8. The Hall–Kier alpha value is -3.60. The molecule has 1 aromatic heterocycles. The van der Waals surface area contributed by atoms with E-state index in [0.29, 0.717) is 28.5 Å². The van der Waals surface area contributed by atoms with E-state index in [0.717, 1.165) is 16.6 Å². The Morgan fingerprint density at radius 3 is 2.59 bits per heavy atom. The minimum Gasteiger partial charge on any atom is -0.497 e. The Balaban J connectivity index is 1.58. The highest BCUT2D eigenvalue weighted by atomic mass is 16.5. The lowest BCUT2D eigenvalue weighted by molar-refractivity contribution is 0.102. The third-order valence-corrected chi connectivity index (χ3v) is 4.26. The summed E-state index contributed by atoms with van der Waals surface area (Å²) in [6.45, 7) is 2.03. The van der Waals surface area contributed by atoms with Crippen LogP contribution in [-0.2, 0) is 0 Å². The molecule has 1 N–H and O–H groups in total. The van der Waals surface area contributed by atoms with Crippen LogP contribution in [0.1, 0.15) is 15.9 Å². The topological polar surface area (TPSA) is 64.4 Å². The molecular formula is C22H18N2O3. The molecule has 1 amide bonds. The van der Waals surface area contributed by atoms with Gasteiger partial charge in [0.05, 0.1) is 7.11 Å². The average molecular weight is 358 g/mol. The highest BCUT2D eigenvalue weighted by molar-refractivity contribution is 6.05. The molecule has 27 heavy (non-hydrogen) atoms. The zero-order valence-electron chi connectivity index (χ0n) is 15.0. The summed E-state index contributed by atoms with van der Waals surface area (Å²) in [7, 11) is 1.59. The molecule has 1 heterocycles. The second-order valence-corrected chi connectivity index (χ2v) is 6.25. The highest BCUT2D eigenvalue weighted by Crippen LogP contribution is 2.27. The maximum atomic E-state index is 12.4. The van der Waals surface area contributed by atoms with E-state index in [1.807, 2.05) is 43.3 Å². The molecule has 0 spiro atoms. The van der Waals surface area contributed by atoms with Gasteiger partial charge < -0.3 is 14.5 Å². The maximum Gasteiger partial charge on any atom is 0.255 e. The van der Waals surface area contributed by atoms with Gasteiger partial charge in [0.2, 0.25) is 5.89 Å². The molecule has 0 atom stereocenters. The first-order valence-electron chi connectivity index (χ1n) is 8.55. The number of anilines is 1. The molecular weight excluding hydrogens is 340 g/mol. The summed E-state index contributed by atoms with van der Waals surface area (Å²) in [5, 5.41) is 2.88. The number of benzene rings is 3. The van der Waals surface area contributed by atoms with E-state index < -0.39 is 0 Å². The molecule has 3 aromatic carbocycles. The number of carbonyl (C=O) groups is 1. The number of aryl methyl sites for hydroxylation is 1. The van der Waals surface area contributed by atoms with Gasteiger partial charge in [0, 0.05) is 22.9 Å². The zero-order chi connectivity index (χ0) is 18.8. The summed E-state index contributed by atoms with van der Waals surface area (Å²) >= 11 is 0. The summed E-state index contributed by atoms with van der Waals surface area (Å²) < 4.78 is 11.0. The van der Waals surface area contributed by atoms with Crippen LogP contribution in [0.3, 0.4) is 0 Å². The number of methoxy groups -OCH3 is 1. The molecule has 5 heteroatoms. The lowest BCUT2D eigenvalue weighted by Crippen LogP contribution is -2.11. The monoisotopic (exact) mass is 358 g/mol. The minimum atomic E-state index is -0.199. The van der Waals surface area contributed by atoms with E-state index >= 15 is 0 Å². The molecule has 0 unspecified atom stereocenters. The molecule has 0 fully saturated rings. The van der Waals surface area contributed by atoms with Crippen molar-refractivity contribution in [2.45, 2.75) is 6.92 Å². The van der Waals surface area contributed by atoms with Gasteiger partial charge in [-0.1, -0.05) is 17.7 Å². The average Bonchev–Trinajstić information content (AvgIpc) is 3.11. The highest BCUT2D eigenvalue weighted by Gasteiger charge is 2.11. The van der Waals surface area contributed by atoms with E-state index in [2.05, 4.69) is 10.3 Å². The van der Waals surface area contributed by atoms with Crippen LogP contribution in [0, 0.1) is 6.92 Å². The third-order valence-electron chi connectivity index (χ3n) is 4.26. The van der Waals surface area contributed by atoms with Crippen LogP contribution in [0.4, 0.5) is 5.69 Å². The van der Waals surface area contributed by atoms with E-state index in [9.17, 15) is 4.79 Å². The molecule has 0 saturated carbocycles. The minimum absolute atomic E-state index is 0.199. The fourth-order valence-electron chi connectivity index (χ4n) is 2.85. The first-order valence-corrected chi connectivity index (χ1v) is 8.55. The molecule has 0 aliphatic rings. The van der Waals surface area contributed by atoms with Crippen LogP contribution < -0.4 is 10.1 Å². The third kappa shape index (κ3) is 3.53. The lowest BCUT2D eigenvalue weighted by Gasteiger charge is -2.06. The number of rotatable bonds is 4. The largest absolute Gasteiger partial charge is 0.497 e. The summed E-state index contributed by atoms with van der Waals surface area (Å²) in [6, 6.07) is 20.4. The van der Waals surface area contributed by atoms with E-state index in [4.69, 9.17) is 9.15 Å². The first-order chi connectivity index (χ1) is 13.1. The lowest BCUT2D eigenvalue weighted by atomic mass is 10.1. The number of aromatic nitrogens is 1. The zero-order valence-corrected chi connectivity index (χ0v) is 15.0. The number of ether oxygens (including phenoxy) is 1. The van der Waals surface area contributed by atoms with E-state index in [-0.39, 0.29) is 5.91 Å². The Bertz CT molecular complexity index is 1110. The number of oxazole rings is 1. The second-order valence-electron chi connectivity index (χ2n) is 6.25. The number of nitrogens with one attached hydrogen (secondary N) is 1. The molecule has 0 saturated heterocycles. The molecule has 134 valence electrons. The van der Waals surface area contributed by atoms with Crippen molar-refractivity contribution in [1.29, 1.82) is 0 Å². The molecule has 0 bridgehead atoms. The van der Waals surface area contributed by atoms with Gasteiger partial charge in [0.1, 0.15) is 11.3 Å². The standard InChI is InChI=1S/C22H18N2O3/c1-14-4-3-5-16(12-14)22-24-19-11-8-17(13-20(19)27-22)23-21(25)15-6-9-18(26-2)10-7-15/h3-13H,1-2H3,(H,23,25). The molecule has 4 rings (SSSR count). The molecule has 0 aliphatic carbocycles. The summed E-state index contributed by atoms with van der Waals surface area (Å²) in [4.78, 5) is 16.9. The van der Waals surface area contributed by atoms with Gasteiger partial charge in [-0.25, -0.2) is 4.98 Å². The number of fused-ring (bicyclic) bond motifs is 1. The molecule has 4 aromatic rings. The van der Waals surface area contributed by atoms with E-state index in [1.54, 1.807) is 37.4 Å². The smallest absolute Gasteiger partial charge is 0.255 e. The van der Waals surface area contributed by atoms with Crippen molar-refractivity contribution in [1.82, 2.24) is 4.98 Å². The van der Waals surface area contributed by atoms with Crippen LogP contribution in [0.15, 0.2) is 71.1 Å². The fourth-order valence-corrected chi connectivity index (χ4v) is 2.85. The quantitative estimate of drug-likeness (QED) is 0.553. The Morgan fingerprint density at radius 1 is 1.04 bits per heavy atom. The van der Waals surface area contributed by atoms with Gasteiger partial charge in [0.15, 0.2) is 5.58 Å². The predicted molar refractivity (Wildman–Crippen MR) is 105 cm³/mol. The normalized spacial score (nSPS) is 10.7. The van der Waals surface area contributed by atoms with Crippen molar-refractivity contribution in [2.24, 2.45) is 0 Å². The van der Waals surface area contributed by atoms with Crippen molar-refractivity contribution in [3.63, 3.8) is 0 Å². The van der Waals surface area contributed by atoms with Gasteiger partial charge in [-0.05, 0) is 55.5 Å². The SMILES string of the molecule is COc1ccc(C(=O)Nc2ccc3nc(-c4cccc(C)c4)oc3c2)cc1. The van der Waals surface area contributed by atoms with Crippen molar-refractivity contribution in [2.75, 3.05) is 12.4 Å². The number of amides is 1. The van der Waals surface area contributed by atoms with E-state index in [1.165, 1.54) is 0 Å². The van der Waals surface area contributed by atoms with Crippen LogP contribution in [0.25, 0.3) is 22.6 Å². The summed E-state index contributed by atoms with van der Waals surface area (Å²) in [5.74, 6) is 1.07. The number of carbonyl (C=O) groups excluding carboxylic acids is 1. The molecule has 0 radical (unpaired) electrons. The van der Waals surface area contributed by atoms with Gasteiger partial charge in [0.25, 0.3) is 5.91 Å². The molecule has 0 aliphatic heterocycles. The summed E-state index contributed by atoms with van der Waals surface area (Å²) in [5.41, 5.74) is 4.63. The maximum absolute atomic E-state index is 12.4.